The summed E-state index contributed by atoms with van der Waals surface area (Å²) in [5.74, 6) is 0. The lowest BCUT2D eigenvalue weighted by atomic mass is 10.2. The van der Waals surface area contributed by atoms with E-state index in [9.17, 15) is 13.2 Å². The number of anilines is 2. The first-order chi connectivity index (χ1) is 12.4. The molecule has 1 saturated heterocycles. The van der Waals surface area contributed by atoms with Gasteiger partial charge in [-0.15, -0.1) is 0 Å². The second kappa shape index (κ2) is 7.65. The predicted molar refractivity (Wildman–Crippen MR) is 103 cm³/mol. The number of nitrogens with one attached hydrogen (secondary N) is 2. The fraction of sp³-hybridized carbons (Fsp3) is 0.278. The number of rotatable bonds is 4. The Morgan fingerprint density at radius 3 is 2.50 bits per heavy atom. The number of urea groups is 1. The van der Waals surface area contributed by atoms with Crippen LogP contribution in [-0.2, 0) is 10.0 Å². The van der Waals surface area contributed by atoms with Crippen LogP contribution in [0.4, 0.5) is 16.2 Å². The second-order valence-corrected chi connectivity index (χ2v) is 8.55. The highest BCUT2D eigenvalue weighted by atomic mass is 35.5. The summed E-state index contributed by atoms with van der Waals surface area (Å²) in [6.45, 7) is 2.95. The number of carbonyl (C=O) groups excluding carboxylic acids is 1. The molecule has 1 heterocycles. The highest BCUT2D eigenvalue weighted by molar-refractivity contribution is 7.89. The number of sulfonamides is 1. The van der Waals surface area contributed by atoms with Crippen LogP contribution in [0.25, 0.3) is 0 Å². The molecule has 1 aliphatic rings. The van der Waals surface area contributed by atoms with Gasteiger partial charge >= 0.3 is 6.03 Å². The minimum atomic E-state index is -3.58. The number of benzene rings is 2. The lowest BCUT2D eigenvalue weighted by Crippen LogP contribution is -2.28. The van der Waals surface area contributed by atoms with E-state index in [2.05, 4.69) is 10.6 Å². The number of aryl methyl sites for hydroxylation is 1. The Morgan fingerprint density at radius 1 is 1.08 bits per heavy atom. The summed E-state index contributed by atoms with van der Waals surface area (Å²) < 4.78 is 26.8. The predicted octanol–water partition coefficient (Wildman–Crippen LogP) is 4.08. The van der Waals surface area contributed by atoms with E-state index >= 15 is 0 Å². The topological polar surface area (TPSA) is 78.5 Å². The standard InChI is InChI=1S/C18H20ClN3O3S/c1-13-5-4-6-14(11-13)20-18(23)21-17-12-15(7-8-16(17)19)26(24,25)22-9-2-3-10-22/h4-8,11-12H,2-3,9-10H2,1H3,(H2,20,21,23). The molecule has 0 radical (unpaired) electrons. The molecule has 2 amide bonds. The molecule has 2 aromatic carbocycles. The highest BCUT2D eigenvalue weighted by Gasteiger charge is 2.27. The third-order valence-corrected chi connectivity index (χ3v) is 6.39. The first-order valence-corrected chi connectivity index (χ1v) is 10.1. The maximum Gasteiger partial charge on any atom is 0.323 e. The molecule has 0 aliphatic carbocycles. The largest absolute Gasteiger partial charge is 0.323 e. The van der Waals surface area contributed by atoms with E-state index in [1.54, 1.807) is 6.07 Å². The van der Waals surface area contributed by atoms with Crippen molar-refractivity contribution in [2.75, 3.05) is 23.7 Å². The Morgan fingerprint density at radius 2 is 1.81 bits per heavy atom. The van der Waals surface area contributed by atoms with Crippen LogP contribution in [0.15, 0.2) is 47.4 Å². The molecule has 6 nitrogen and oxygen atoms in total. The Labute approximate surface area is 158 Å². The summed E-state index contributed by atoms with van der Waals surface area (Å²) >= 11 is 6.13. The van der Waals surface area contributed by atoms with E-state index in [1.165, 1.54) is 22.5 Å². The van der Waals surface area contributed by atoms with Gasteiger partial charge in [0.25, 0.3) is 0 Å². The van der Waals surface area contributed by atoms with E-state index in [0.717, 1.165) is 18.4 Å². The average Bonchev–Trinajstić information content (AvgIpc) is 3.12. The van der Waals surface area contributed by atoms with Gasteiger partial charge in [-0.2, -0.15) is 4.31 Å². The van der Waals surface area contributed by atoms with E-state index < -0.39 is 16.1 Å². The molecule has 8 heteroatoms. The zero-order valence-electron chi connectivity index (χ0n) is 14.3. The molecule has 2 N–H and O–H groups in total. The van der Waals surface area contributed by atoms with Crippen molar-refractivity contribution in [3.8, 4) is 0 Å². The number of hydrogen-bond donors (Lipinski definition) is 2. The van der Waals surface area contributed by atoms with Crippen molar-refractivity contribution in [1.29, 1.82) is 0 Å². The molecule has 26 heavy (non-hydrogen) atoms. The zero-order valence-corrected chi connectivity index (χ0v) is 15.9. The van der Waals surface area contributed by atoms with Gasteiger partial charge in [0.1, 0.15) is 0 Å². The minimum absolute atomic E-state index is 0.120. The highest BCUT2D eigenvalue weighted by Crippen LogP contribution is 2.28. The van der Waals surface area contributed by atoms with Crippen molar-refractivity contribution in [2.24, 2.45) is 0 Å². The lowest BCUT2D eigenvalue weighted by Gasteiger charge is -2.17. The van der Waals surface area contributed by atoms with Crippen molar-refractivity contribution in [1.82, 2.24) is 4.31 Å². The molecule has 1 aliphatic heterocycles. The van der Waals surface area contributed by atoms with Gasteiger partial charge in [-0.05, 0) is 55.7 Å². The third kappa shape index (κ3) is 4.17. The second-order valence-electron chi connectivity index (χ2n) is 6.20. The molecule has 0 spiro atoms. The first kappa shape index (κ1) is 18.7. The number of halogens is 1. The molecule has 0 saturated carbocycles. The smallest absolute Gasteiger partial charge is 0.308 e. The van der Waals surface area contributed by atoms with Gasteiger partial charge in [-0.1, -0.05) is 23.7 Å². The van der Waals surface area contributed by atoms with Crippen LogP contribution in [0.3, 0.4) is 0 Å². The summed E-state index contributed by atoms with van der Waals surface area (Å²) in [5, 5.41) is 5.59. The fourth-order valence-electron chi connectivity index (χ4n) is 2.85. The van der Waals surface area contributed by atoms with Gasteiger partial charge in [0.05, 0.1) is 15.6 Å². The van der Waals surface area contributed by atoms with Crippen LogP contribution in [0, 0.1) is 6.92 Å². The van der Waals surface area contributed by atoms with Gasteiger partial charge in [0.15, 0.2) is 0 Å². The van der Waals surface area contributed by atoms with Gasteiger partial charge in [-0.3, -0.25) is 0 Å². The SMILES string of the molecule is Cc1cccc(NC(=O)Nc2cc(S(=O)(=O)N3CCCC3)ccc2Cl)c1. The lowest BCUT2D eigenvalue weighted by molar-refractivity contribution is 0.262. The van der Waals surface area contributed by atoms with E-state index in [1.807, 2.05) is 25.1 Å². The van der Waals surface area contributed by atoms with Crippen LogP contribution in [-0.4, -0.2) is 31.8 Å². The number of hydrogen-bond acceptors (Lipinski definition) is 3. The summed E-state index contributed by atoms with van der Waals surface area (Å²) in [4.78, 5) is 12.3. The van der Waals surface area contributed by atoms with E-state index in [0.29, 0.717) is 18.8 Å². The molecule has 0 atom stereocenters. The van der Waals surface area contributed by atoms with Gasteiger partial charge < -0.3 is 10.6 Å². The minimum Gasteiger partial charge on any atom is -0.308 e. The van der Waals surface area contributed by atoms with E-state index in [-0.39, 0.29) is 15.6 Å². The Balaban J connectivity index is 1.78. The average molecular weight is 394 g/mol. The summed E-state index contributed by atoms with van der Waals surface area (Å²) in [7, 11) is -3.58. The summed E-state index contributed by atoms with van der Waals surface area (Å²) in [6, 6.07) is 11.2. The third-order valence-electron chi connectivity index (χ3n) is 4.16. The fourth-order valence-corrected chi connectivity index (χ4v) is 4.55. The molecule has 2 aromatic rings. The molecular formula is C18H20ClN3O3S. The molecule has 138 valence electrons. The van der Waals surface area contributed by atoms with Gasteiger partial charge in [0.2, 0.25) is 10.0 Å². The summed E-state index contributed by atoms with van der Waals surface area (Å²) in [6.07, 6.45) is 1.72. The molecule has 3 rings (SSSR count). The van der Waals surface area contributed by atoms with E-state index in [4.69, 9.17) is 11.6 Å². The molecule has 1 fully saturated rings. The molecule has 0 bridgehead atoms. The van der Waals surface area contributed by atoms with Gasteiger partial charge in [0, 0.05) is 18.8 Å². The first-order valence-electron chi connectivity index (χ1n) is 8.30. The van der Waals surface area contributed by atoms with Crippen molar-refractivity contribution in [3.05, 3.63) is 53.1 Å². The van der Waals surface area contributed by atoms with Crippen molar-refractivity contribution in [3.63, 3.8) is 0 Å². The van der Waals surface area contributed by atoms with Crippen LogP contribution < -0.4 is 10.6 Å². The van der Waals surface area contributed by atoms with Crippen LogP contribution in [0.5, 0.6) is 0 Å². The monoisotopic (exact) mass is 393 g/mol. The van der Waals surface area contributed by atoms with Crippen LogP contribution in [0.1, 0.15) is 18.4 Å². The van der Waals surface area contributed by atoms with Crippen LogP contribution >= 0.6 is 11.6 Å². The Kier molecular flexibility index (Phi) is 5.50. The zero-order chi connectivity index (χ0) is 18.7. The Bertz CT molecular complexity index is 925. The normalized spacial score (nSPS) is 15.0. The summed E-state index contributed by atoms with van der Waals surface area (Å²) in [5.41, 5.74) is 1.90. The number of carbonyl (C=O) groups is 1. The Hall–Kier alpha value is -2.09. The quantitative estimate of drug-likeness (QED) is 0.821. The number of nitrogens with zero attached hydrogens (tertiary/aromatic N) is 1. The molecule has 0 unspecified atom stereocenters. The van der Waals surface area contributed by atoms with Gasteiger partial charge in [-0.25, -0.2) is 13.2 Å². The van der Waals surface area contributed by atoms with Crippen LogP contribution in [0.2, 0.25) is 5.02 Å². The van der Waals surface area contributed by atoms with Crippen molar-refractivity contribution < 1.29 is 13.2 Å². The molecular weight excluding hydrogens is 374 g/mol. The van der Waals surface area contributed by atoms with Crippen molar-refractivity contribution in [2.45, 2.75) is 24.7 Å². The number of amides is 2. The maximum absolute atomic E-state index is 12.7. The van der Waals surface area contributed by atoms with Crippen molar-refractivity contribution >= 4 is 39.0 Å². The maximum atomic E-state index is 12.7. The molecule has 0 aromatic heterocycles.